The number of aryl methyl sites for hydroxylation is 2. The SMILES string of the molecule is C\C=C/C(Cc1c(CCCC)nc(C)n(-c2ncc(OCC)cn2)c1=O)=N\C=C(/C)c1ccccc1-c1noc(=O)[nH]1. The molecule has 1 N–H and O–H groups in total. The van der Waals surface area contributed by atoms with Crippen LogP contribution in [0.25, 0.3) is 22.9 Å². The van der Waals surface area contributed by atoms with Crippen molar-refractivity contribution in [2.24, 2.45) is 4.99 Å². The van der Waals surface area contributed by atoms with Crippen LogP contribution >= 0.6 is 0 Å². The molecule has 11 heteroatoms. The van der Waals surface area contributed by atoms with E-state index >= 15 is 0 Å². The number of hydrogen-bond acceptors (Lipinski definition) is 9. The van der Waals surface area contributed by atoms with Gasteiger partial charge in [0.25, 0.3) is 5.56 Å². The van der Waals surface area contributed by atoms with Gasteiger partial charge in [-0.25, -0.2) is 24.3 Å². The summed E-state index contributed by atoms with van der Waals surface area (Å²) in [5.74, 6) is 0.994. The summed E-state index contributed by atoms with van der Waals surface area (Å²) in [6, 6.07) is 7.52. The van der Waals surface area contributed by atoms with Gasteiger partial charge in [0.15, 0.2) is 11.6 Å². The number of aromatic amines is 1. The lowest BCUT2D eigenvalue weighted by molar-refractivity contribution is 0.337. The van der Waals surface area contributed by atoms with E-state index in [4.69, 9.17) is 19.2 Å². The van der Waals surface area contributed by atoms with Crippen molar-refractivity contribution in [1.82, 2.24) is 29.7 Å². The summed E-state index contributed by atoms with van der Waals surface area (Å²) in [4.78, 5) is 46.4. The van der Waals surface area contributed by atoms with Crippen LogP contribution in [0.5, 0.6) is 5.75 Å². The Hall–Kier alpha value is -4.93. The summed E-state index contributed by atoms with van der Waals surface area (Å²) in [6.45, 7) is 10.1. The fourth-order valence-corrected chi connectivity index (χ4v) is 4.50. The van der Waals surface area contributed by atoms with Crippen LogP contribution in [0.15, 0.2) is 74.1 Å². The number of nitrogens with one attached hydrogen (secondary N) is 1. The van der Waals surface area contributed by atoms with Crippen LogP contribution < -0.4 is 16.1 Å². The first kappa shape index (κ1) is 30.0. The van der Waals surface area contributed by atoms with Crippen molar-refractivity contribution >= 4 is 11.3 Å². The van der Waals surface area contributed by atoms with Gasteiger partial charge in [-0.2, -0.15) is 0 Å². The Morgan fingerprint density at radius 3 is 2.60 bits per heavy atom. The Morgan fingerprint density at radius 2 is 1.93 bits per heavy atom. The second-order valence-corrected chi connectivity index (χ2v) is 9.58. The highest BCUT2D eigenvalue weighted by Gasteiger charge is 2.18. The van der Waals surface area contributed by atoms with E-state index < -0.39 is 5.76 Å². The van der Waals surface area contributed by atoms with Crippen molar-refractivity contribution in [3.05, 3.63) is 98.6 Å². The van der Waals surface area contributed by atoms with Crippen molar-refractivity contribution in [1.29, 1.82) is 0 Å². The van der Waals surface area contributed by atoms with E-state index in [2.05, 4.69) is 27.0 Å². The summed E-state index contributed by atoms with van der Waals surface area (Å²) in [5.41, 5.74) is 4.14. The number of hydrogen-bond donors (Lipinski definition) is 1. The smallest absolute Gasteiger partial charge is 0.439 e. The molecule has 0 atom stereocenters. The zero-order valence-electron chi connectivity index (χ0n) is 24.5. The standard InChI is InChI=1S/C31H35N7O4/c1-6-9-15-27-26(29(39)38(21(5)35-27)30-33-18-23(19-34-30)41-8-3)16-22(12-7-2)32-17-20(4)24-13-10-11-14-25(24)28-36-31(40)42-37-28/h7,10-14,17-19H,6,8-9,15-16H2,1-5H3,(H,36,37,40)/b12-7-,20-17+,32-22+. The molecule has 0 saturated heterocycles. The van der Waals surface area contributed by atoms with Crippen molar-refractivity contribution in [2.45, 2.75) is 60.3 Å². The van der Waals surface area contributed by atoms with Gasteiger partial charge in [0.05, 0.1) is 24.7 Å². The van der Waals surface area contributed by atoms with Gasteiger partial charge < -0.3 is 4.74 Å². The molecule has 0 saturated carbocycles. The number of allylic oxidation sites excluding steroid dienone is 3. The van der Waals surface area contributed by atoms with Crippen molar-refractivity contribution in [3.63, 3.8) is 0 Å². The van der Waals surface area contributed by atoms with E-state index in [1.165, 1.54) is 4.57 Å². The molecular formula is C31H35N7O4. The van der Waals surface area contributed by atoms with E-state index in [0.29, 0.717) is 47.3 Å². The van der Waals surface area contributed by atoms with Gasteiger partial charge in [-0.3, -0.25) is 19.3 Å². The Labute approximate surface area is 243 Å². The lowest BCUT2D eigenvalue weighted by Gasteiger charge is -2.14. The summed E-state index contributed by atoms with van der Waals surface area (Å²) >= 11 is 0. The number of ether oxygens (including phenoxy) is 1. The van der Waals surface area contributed by atoms with E-state index in [-0.39, 0.29) is 17.9 Å². The Morgan fingerprint density at radius 1 is 1.17 bits per heavy atom. The maximum Gasteiger partial charge on any atom is 0.439 e. The first-order chi connectivity index (χ1) is 20.4. The van der Waals surface area contributed by atoms with Crippen LogP contribution in [0.2, 0.25) is 0 Å². The summed E-state index contributed by atoms with van der Waals surface area (Å²) in [6.07, 6.45) is 11.4. The molecule has 3 heterocycles. The molecule has 0 amide bonds. The molecule has 0 fully saturated rings. The number of aromatic nitrogens is 6. The van der Waals surface area contributed by atoms with Crippen LogP contribution in [0.4, 0.5) is 0 Å². The molecule has 0 aliphatic carbocycles. The zero-order chi connectivity index (χ0) is 30.1. The fraction of sp³-hybridized carbons (Fsp3) is 0.323. The van der Waals surface area contributed by atoms with Crippen LogP contribution in [0.3, 0.4) is 0 Å². The van der Waals surface area contributed by atoms with E-state index in [9.17, 15) is 9.59 Å². The monoisotopic (exact) mass is 569 g/mol. The van der Waals surface area contributed by atoms with Crippen LogP contribution in [0, 0.1) is 6.92 Å². The minimum Gasteiger partial charge on any atom is -0.491 e. The van der Waals surface area contributed by atoms with Gasteiger partial charge in [0.2, 0.25) is 5.95 Å². The summed E-state index contributed by atoms with van der Waals surface area (Å²) in [5, 5.41) is 3.83. The molecular weight excluding hydrogens is 534 g/mol. The molecule has 11 nitrogen and oxygen atoms in total. The highest BCUT2D eigenvalue weighted by atomic mass is 16.5. The molecule has 0 aliphatic rings. The largest absolute Gasteiger partial charge is 0.491 e. The number of rotatable bonds is 12. The Kier molecular flexibility index (Phi) is 10.1. The van der Waals surface area contributed by atoms with Gasteiger partial charge in [0.1, 0.15) is 5.82 Å². The molecule has 4 rings (SSSR count). The normalized spacial score (nSPS) is 12.3. The van der Waals surface area contributed by atoms with E-state index in [1.54, 1.807) is 25.5 Å². The van der Waals surface area contributed by atoms with Crippen LogP contribution in [-0.4, -0.2) is 42.0 Å². The van der Waals surface area contributed by atoms with Gasteiger partial charge >= 0.3 is 5.76 Å². The predicted molar refractivity (Wildman–Crippen MR) is 162 cm³/mol. The third-order valence-electron chi connectivity index (χ3n) is 6.51. The number of aliphatic imine (C=N–C) groups is 1. The maximum absolute atomic E-state index is 14.0. The summed E-state index contributed by atoms with van der Waals surface area (Å²) < 4.78 is 11.6. The van der Waals surface area contributed by atoms with E-state index in [0.717, 1.165) is 29.7 Å². The van der Waals surface area contributed by atoms with Gasteiger partial charge in [-0.05, 0) is 57.7 Å². The fourth-order valence-electron chi connectivity index (χ4n) is 4.50. The number of nitrogens with zero attached hydrogens (tertiary/aromatic N) is 6. The third kappa shape index (κ3) is 7.03. The van der Waals surface area contributed by atoms with Crippen LogP contribution in [-0.2, 0) is 12.8 Å². The molecule has 3 aromatic heterocycles. The van der Waals surface area contributed by atoms with E-state index in [1.807, 2.05) is 57.2 Å². The average Bonchev–Trinajstić information content (AvgIpc) is 3.43. The first-order valence-corrected chi connectivity index (χ1v) is 13.9. The molecule has 218 valence electrons. The second kappa shape index (κ2) is 14.1. The molecule has 1 aromatic carbocycles. The van der Waals surface area contributed by atoms with Gasteiger partial charge in [0, 0.05) is 29.5 Å². The zero-order valence-corrected chi connectivity index (χ0v) is 24.5. The molecule has 0 aliphatic heterocycles. The third-order valence-corrected chi connectivity index (χ3v) is 6.51. The number of H-pyrrole nitrogens is 1. The Balaban J connectivity index is 1.75. The molecule has 0 unspecified atom stereocenters. The minimum absolute atomic E-state index is 0.226. The molecule has 42 heavy (non-hydrogen) atoms. The number of unbranched alkanes of at least 4 members (excludes halogenated alkanes) is 1. The quantitative estimate of drug-likeness (QED) is 0.234. The average molecular weight is 570 g/mol. The molecule has 0 radical (unpaired) electrons. The van der Waals surface area contributed by atoms with Gasteiger partial charge in [-0.15, -0.1) is 0 Å². The summed E-state index contributed by atoms with van der Waals surface area (Å²) in [7, 11) is 0. The Bertz CT molecular complexity index is 1730. The van der Waals surface area contributed by atoms with Crippen LogP contribution in [0.1, 0.15) is 63.2 Å². The topological polar surface area (TPSA) is 141 Å². The highest BCUT2D eigenvalue weighted by molar-refractivity contribution is 5.97. The number of benzene rings is 1. The first-order valence-electron chi connectivity index (χ1n) is 13.9. The second-order valence-electron chi connectivity index (χ2n) is 9.58. The van der Waals surface area contributed by atoms with Crippen molar-refractivity contribution in [3.8, 4) is 23.1 Å². The van der Waals surface area contributed by atoms with Gasteiger partial charge in [-0.1, -0.05) is 48.8 Å². The molecule has 0 bridgehead atoms. The predicted octanol–water partition coefficient (Wildman–Crippen LogP) is 5.04. The molecule has 0 spiro atoms. The maximum atomic E-state index is 14.0. The van der Waals surface area contributed by atoms with Crippen molar-refractivity contribution in [2.75, 3.05) is 6.61 Å². The minimum atomic E-state index is -0.623. The molecule has 4 aromatic rings. The lowest BCUT2D eigenvalue weighted by Crippen LogP contribution is -2.30. The lowest BCUT2D eigenvalue weighted by atomic mass is 10.0. The van der Waals surface area contributed by atoms with Crippen molar-refractivity contribution < 1.29 is 9.26 Å². The highest BCUT2D eigenvalue weighted by Crippen LogP contribution is 2.26.